The van der Waals surface area contributed by atoms with Crippen LogP contribution in [0.2, 0.25) is 0 Å². The van der Waals surface area contributed by atoms with Crippen LogP contribution in [0.15, 0.2) is 0 Å². The number of hydrogen-bond acceptors (Lipinski definition) is 4. The van der Waals surface area contributed by atoms with Gasteiger partial charge in [-0.25, -0.2) is 0 Å². The minimum absolute atomic E-state index is 0.246. The van der Waals surface area contributed by atoms with Crippen molar-refractivity contribution in [2.45, 2.75) is 24.9 Å². The van der Waals surface area contributed by atoms with Gasteiger partial charge in [0, 0.05) is 13.5 Å². The highest BCUT2D eigenvalue weighted by Gasteiger charge is 2.28. The SMILES string of the molecule is COC1OC[C@@H](O)CC1O. The van der Waals surface area contributed by atoms with Gasteiger partial charge in [0.15, 0.2) is 6.29 Å². The minimum Gasteiger partial charge on any atom is -0.391 e. The van der Waals surface area contributed by atoms with Crippen LogP contribution in [0.4, 0.5) is 0 Å². The van der Waals surface area contributed by atoms with Gasteiger partial charge >= 0.3 is 0 Å². The monoisotopic (exact) mass is 148 g/mol. The van der Waals surface area contributed by atoms with Crippen molar-refractivity contribution < 1.29 is 19.7 Å². The third kappa shape index (κ3) is 1.67. The molecule has 60 valence electrons. The molecular weight excluding hydrogens is 136 g/mol. The number of ether oxygens (including phenoxy) is 2. The average molecular weight is 148 g/mol. The number of rotatable bonds is 1. The van der Waals surface area contributed by atoms with E-state index in [4.69, 9.17) is 19.7 Å². The molecule has 10 heavy (non-hydrogen) atoms. The van der Waals surface area contributed by atoms with Crippen molar-refractivity contribution in [3.8, 4) is 0 Å². The fraction of sp³-hybridized carbons (Fsp3) is 1.00. The Kier molecular flexibility index (Phi) is 2.62. The molecule has 0 aromatic rings. The molecule has 0 bridgehead atoms. The summed E-state index contributed by atoms with van der Waals surface area (Å²) in [5.41, 5.74) is 0. The molecule has 1 heterocycles. The van der Waals surface area contributed by atoms with E-state index in [1.165, 1.54) is 7.11 Å². The first-order valence-corrected chi connectivity index (χ1v) is 3.24. The molecule has 0 aromatic heterocycles. The van der Waals surface area contributed by atoms with E-state index >= 15 is 0 Å². The third-order valence-electron chi connectivity index (χ3n) is 1.51. The highest BCUT2D eigenvalue weighted by molar-refractivity contribution is 4.71. The van der Waals surface area contributed by atoms with Crippen LogP contribution in [0.25, 0.3) is 0 Å². The van der Waals surface area contributed by atoms with E-state index in [9.17, 15) is 0 Å². The summed E-state index contributed by atoms with van der Waals surface area (Å²) < 4.78 is 9.70. The molecule has 1 fully saturated rings. The molecule has 0 amide bonds. The van der Waals surface area contributed by atoms with Crippen LogP contribution < -0.4 is 0 Å². The van der Waals surface area contributed by atoms with E-state index < -0.39 is 18.5 Å². The van der Waals surface area contributed by atoms with E-state index in [0.29, 0.717) is 6.42 Å². The molecule has 2 unspecified atom stereocenters. The van der Waals surface area contributed by atoms with E-state index in [-0.39, 0.29) is 6.61 Å². The molecule has 4 heteroatoms. The van der Waals surface area contributed by atoms with Gasteiger partial charge in [0.1, 0.15) is 6.10 Å². The Bertz CT molecular complexity index is 106. The average Bonchev–Trinajstić information content (AvgIpc) is 1.88. The molecule has 0 spiro atoms. The smallest absolute Gasteiger partial charge is 0.183 e. The highest BCUT2D eigenvalue weighted by Crippen LogP contribution is 2.14. The quantitative estimate of drug-likeness (QED) is 0.506. The summed E-state index contributed by atoms with van der Waals surface area (Å²) in [7, 11) is 1.46. The molecule has 0 aromatic carbocycles. The fourth-order valence-electron chi connectivity index (χ4n) is 1.00. The summed E-state index contributed by atoms with van der Waals surface area (Å²) in [4.78, 5) is 0. The van der Waals surface area contributed by atoms with Crippen molar-refractivity contribution in [1.29, 1.82) is 0 Å². The summed E-state index contributed by atoms with van der Waals surface area (Å²) in [6, 6.07) is 0. The van der Waals surface area contributed by atoms with Crippen LogP contribution in [0.1, 0.15) is 6.42 Å². The van der Waals surface area contributed by atoms with Crippen LogP contribution in [0, 0.1) is 0 Å². The van der Waals surface area contributed by atoms with Crippen LogP contribution in [0.3, 0.4) is 0 Å². The second kappa shape index (κ2) is 3.30. The number of methoxy groups -OCH3 is 1. The zero-order valence-corrected chi connectivity index (χ0v) is 5.86. The fourth-order valence-corrected chi connectivity index (χ4v) is 1.00. The van der Waals surface area contributed by atoms with Crippen molar-refractivity contribution >= 4 is 0 Å². The maximum atomic E-state index is 9.13. The topological polar surface area (TPSA) is 58.9 Å². The Labute approximate surface area is 59.4 Å². The van der Waals surface area contributed by atoms with Gasteiger partial charge in [-0.1, -0.05) is 0 Å². The van der Waals surface area contributed by atoms with Gasteiger partial charge in [0.2, 0.25) is 0 Å². The van der Waals surface area contributed by atoms with Crippen molar-refractivity contribution in [1.82, 2.24) is 0 Å². The normalized spacial score (nSPS) is 41.7. The van der Waals surface area contributed by atoms with E-state index in [1.807, 2.05) is 0 Å². The van der Waals surface area contributed by atoms with Crippen LogP contribution >= 0.6 is 0 Å². The van der Waals surface area contributed by atoms with E-state index in [2.05, 4.69) is 0 Å². The lowest BCUT2D eigenvalue weighted by Crippen LogP contribution is -2.41. The third-order valence-corrected chi connectivity index (χ3v) is 1.51. The molecule has 2 N–H and O–H groups in total. The Balaban J connectivity index is 2.36. The zero-order valence-electron chi connectivity index (χ0n) is 5.86. The van der Waals surface area contributed by atoms with Crippen molar-refractivity contribution in [3.05, 3.63) is 0 Å². The van der Waals surface area contributed by atoms with Crippen molar-refractivity contribution in [3.63, 3.8) is 0 Å². The Morgan fingerprint density at radius 3 is 2.70 bits per heavy atom. The molecule has 1 rings (SSSR count). The van der Waals surface area contributed by atoms with Crippen molar-refractivity contribution in [2.75, 3.05) is 13.7 Å². The molecular formula is C6H12O4. The van der Waals surface area contributed by atoms with Gasteiger partial charge in [-0.05, 0) is 0 Å². The van der Waals surface area contributed by atoms with Gasteiger partial charge in [0.25, 0.3) is 0 Å². The summed E-state index contributed by atoms with van der Waals surface area (Å²) in [6.45, 7) is 0.246. The van der Waals surface area contributed by atoms with E-state index in [0.717, 1.165) is 0 Å². The van der Waals surface area contributed by atoms with Gasteiger partial charge in [-0.2, -0.15) is 0 Å². The number of aliphatic hydroxyl groups is 2. The largest absolute Gasteiger partial charge is 0.391 e. The van der Waals surface area contributed by atoms with E-state index in [1.54, 1.807) is 0 Å². The second-order valence-corrected chi connectivity index (χ2v) is 2.39. The lowest BCUT2D eigenvalue weighted by molar-refractivity contribution is -0.224. The highest BCUT2D eigenvalue weighted by atomic mass is 16.7. The molecule has 1 aliphatic rings. The predicted molar refractivity (Wildman–Crippen MR) is 33.4 cm³/mol. The maximum Gasteiger partial charge on any atom is 0.183 e. The number of aliphatic hydroxyl groups excluding tert-OH is 2. The maximum absolute atomic E-state index is 9.13. The van der Waals surface area contributed by atoms with Gasteiger partial charge < -0.3 is 19.7 Å². The molecule has 1 aliphatic heterocycles. The summed E-state index contributed by atoms with van der Waals surface area (Å²) in [6.07, 6.45) is -1.49. The van der Waals surface area contributed by atoms with Crippen molar-refractivity contribution in [2.24, 2.45) is 0 Å². The van der Waals surface area contributed by atoms with Crippen LogP contribution in [-0.2, 0) is 9.47 Å². The first kappa shape index (κ1) is 7.94. The van der Waals surface area contributed by atoms with Gasteiger partial charge in [-0.15, -0.1) is 0 Å². The molecule has 3 atom stereocenters. The van der Waals surface area contributed by atoms with Gasteiger partial charge in [0.05, 0.1) is 12.7 Å². The first-order valence-electron chi connectivity index (χ1n) is 3.24. The Morgan fingerprint density at radius 2 is 2.20 bits per heavy atom. The Morgan fingerprint density at radius 1 is 1.50 bits per heavy atom. The molecule has 0 saturated carbocycles. The lowest BCUT2D eigenvalue weighted by atomic mass is 10.1. The molecule has 1 saturated heterocycles. The summed E-state index contributed by atoms with van der Waals surface area (Å²) in [5.74, 6) is 0. The van der Waals surface area contributed by atoms with Gasteiger partial charge in [-0.3, -0.25) is 0 Å². The first-order chi connectivity index (χ1) is 4.74. The Hall–Kier alpha value is -0.160. The molecule has 4 nitrogen and oxygen atoms in total. The second-order valence-electron chi connectivity index (χ2n) is 2.39. The van der Waals surface area contributed by atoms with Crippen LogP contribution in [-0.4, -0.2) is 42.4 Å². The summed E-state index contributed by atoms with van der Waals surface area (Å²) in [5, 5.41) is 18.1. The molecule has 0 radical (unpaired) electrons. The number of hydrogen-bond donors (Lipinski definition) is 2. The summed E-state index contributed by atoms with van der Waals surface area (Å²) >= 11 is 0. The van der Waals surface area contributed by atoms with Crippen LogP contribution in [0.5, 0.6) is 0 Å². The molecule has 0 aliphatic carbocycles. The lowest BCUT2D eigenvalue weighted by Gasteiger charge is -2.29. The minimum atomic E-state index is -0.700. The standard InChI is InChI=1S/C6H12O4/c1-9-6-5(8)2-4(7)3-10-6/h4-8H,2-3H2,1H3/t4-,5?,6?/m0/s1. The predicted octanol–water partition coefficient (Wildman–Crippen LogP) is -0.899. The zero-order chi connectivity index (χ0) is 7.56.